The number of nitrogens with one attached hydrogen (secondary N) is 1. The van der Waals surface area contributed by atoms with Crippen LogP contribution in [-0.4, -0.2) is 50.9 Å². The van der Waals surface area contributed by atoms with Crippen molar-refractivity contribution < 1.29 is 0 Å². The molecule has 7 heteroatoms. The second-order valence-corrected chi connectivity index (χ2v) is 8.65. The molecule has 0 aromatic carbocycles. The second kappa shape index (κ2) is 8.35. The van der Waals surface area contributed by atoms with Crippen molar-refractivity contribution in [3.8, 4) is 11.4 Å². The summed E-state index contributed by atoms with van der Waals surface area (Å²) in [7, 11) is 0. The highest BCUT2D eigenvalue weighted by Crippen LogP contribution is 2.22. The van der Waals surface area contributed by atoms with Gasteiger partial charge in [0.05, 0.1) is 0 Å². The van der Waals surface area contributed by atoms with Gasteiger partial charge in [-0.3, -0.25) is 0 Å². The highest BCUT2D eigenvalue weighted by molar-refractivity contribution is 7.08. The van der Waals surface area contributed by atoms with Crippen LogP contribution in [-0.2, 0) is 0 Å². The summed E-state index contributed by atoms with van der Waals surface area (Å²) >= 11 is 1.66. The van der Waals surface area contributed by atoms with Crippen LogP contribution in [0.2, 0.25) is 0 Å². The summed E-state index contributed by atoms with van der Waals surface area (Å²) in [6.07, 6.45) is 3.83. The minimum Gasteiger partial charge on any atom is -0.368 e. The molecule has 1 aliphatic heterocycles. The first-order valence-electron chi connectivity index (χ1n) is 9.90. The molecule has 3 aromatic heterocycles. The molecule has 0 atom stereocenters. The van der Waals surface area contributed by atoms with Crippen LogP contribution in [0, 0.1) is 11.8 Å². The van der Waals surface area contributed by atoms with Gasteiger partial charge < -0.3 is 10.2 Å². The average molecular weight is 385 g/mol. The SMILES string of the molecule is CC(C)CCN1CCC(CNc2ccc3nnc(-c4ccsc4)n3n2)CC1. The molecule has 4 heterocycles. The highest BCUT2D eigenvalue weighted by Gasteiger charge is 2.19. The van der Waals surface area contributed by atoms with Gasteiger partial charge >= 0.3 is 0 Å². The van der Waals surface area contributed by atoms with Gasteiger partial charge in [-0.05, 0) is 74.3 Å². The summed E-state index contributed by atoms with van der Waals surface area (Å²) in [6.45, 7) is 9.28. The maximum Gasteiger partial charge on any atom is 0.186 e. The first-order chi connectivity index (χ1) is 13.2. The van der Waals surface area contributed by atoms with E-state index < -0.39 is 0 Å². The van der Waals surface area contributed by atoms with Crippen LogP contribution in [0.25, 0.3) is 17.0 Å². The molecule has 1 aliphatic rings. The molecule has 1 N–H and O–H groups in total. The zero-order chi connectivity index (χ0) is 18.6. The van der Waals surface area contributed by atoms with Crippen LogP contribution < -0.4 is 5.32 Å². The van der Waals surface area contributed by atoms with E-state index in [1.165, 1.54) is 38.9 Å². The molecule has 0 bridgehead atoms. The van der Waals surface area contributed by atoms with Crippen LogP contribution in [0.3, 0.4) is 0 Å². The van der Waals surface area contributed by atoms with E-state index in [2.05, 4.69) is 45.7 Å². The Bertz CT molecular complexity index is 849. The Labute approximate surface area is 164 Å². The van der Waals surface area contributed by atoms with Gasteiger partial charge in [0, 0.05) is 17.5 Å². The zero-order valence-electron chi connectivity index (χ0n) is 16.1. The van der Waals surface area contributed by atoms with E-state index in [-0.39, 0.29) is 0 Å². The molecule has 0 saturated carbocycles. The van der Waals surface area contributed by atoms with Gasteiger partial charge in [0.2, 0.25) is 0 Å². The van der Waals surface area contributed by atoms with Crippen molar-refractivity contribution >= 4 is 22.8 Å². The lowest BCUT2D eigenvalue weighted by Gasteiger charge is -2.32. The Kier molecular flexibility index (Phi) is 5.69. The number of piperidine rings is 1. The normalized spacial score (nSPS) is 16.4. The van der Waals surface area contributed by atoms with Gasteiger partial charge in [-0.2, -0.15) is 15.9 Å². The number of likely N-dealkylation sites (tertiary alicyclic amines) is 1. The number of rotatable bonds is 7. The highest BCUT2D eigenvalue weighted by atomic mass is 32.1. The molecule has 0 radical (unpaired) electrons. The van der Waals surface area contributed by atoms with Crippen molar-refractivity contribution in [2.75, 3.05) is 31.5 Å². The Hall–Kier alpha value is -1.99. The first kappa shape index (κ1) is 18.4. The topological polar surface area (TPSA) is 58.3 Å². The summed E-state index contributed by atoms with van der Waals surface area (Å²) < 4.78 is 1.83. The maximum absolute atomic E-state index is 4.71. The average Bonchev–Trinajstić information content (AvgIpc) is 3.34. The lowest BCUT2D eigenvalue weighted by Crippen LogP contribution is -2.36. The lowest BCUT2D eigenvalue weighted by molar-refractivity contribution is 0.181. The van der Waals surface area contributed by atoms with Crippen molar-refractivity contribution in [2.45, 2.75) is 33.1 Å². The third-order valence-electron chi connectivity index (χ3n) is 5.34. The Morgan fingerprint density at radius 2 is 2.04 bits per heavy atom. The molecular weight excluding hydrogens is 356 g/mol. The monoisotopic (exact) mass is 384 g/mol. The van der Waals surface area contributed by atoms with Crippen molar-refractivity contribution in [3.05, 3.63) is 29.0 Å². The molecule has 0 amide bonds. The van der Waals surface area contributed by atoms with Crippen LogP contribution in [0.4, 0.5) is 5.82 Å². The number of hydrogen-bond acceptors (Lipinski definition) is 6. The van der Waals surface area contributed by atoms with Crippen molar-refractivity contribution in [1.82, 2.24) is 24.7 Å². The summed E-state index contributed by atoms with van der Waals surface area (Å²) in [6, 6.07) is 6.03. The van der Waals surface area contributed by atoms with E-state index in [1.54, 1.807) is 11.3 Å². The third kappa shape index (κ3) is 4.47. The molecule has 0 spiro atoms. The molecular formula is C20H28N6S. The summed E-state index contributed by atoms with van der Waals surface area (Å²) in [5.74, 6) is 3.20. The molecule has 0 aliphatic carbocycles. The van der Waals surface area contributed by atoms with Crippen LogP contribution in [0.15, 0.2) is 29.0 Å². The fourth-order valence-electron chi connectivity index (χ4n) is 3.56. The van der Waals surface area contributed by atoms with Crippen molar-refractivity contribution in [1.29, 1.82) is 0 Å². The van der Waals surface area contributed by atoms with E-state index in [1.807, 2.05) is 22.0 Å². The molecule has 3 aromatic rings. The Balaban J connectivity index is 1.34. The van der Waals surface area contributed by atoms with Gasteiger partial charge in [-0.1, -0.05) is 13.8 Å². The predicted molar refractivity (Wildman–Crippen MR) is 111 cm³/mol. The lowest BCUT2D eigenvalue weighted by atomic mass is 9.96. The number of nitrogens with zero attached hydrogens (tertiary/aromatic N) is 5. The van der Waals surface area contributed by atoms with Gasteiger partial charge in [0.1, 0.15) is 5.82 Å². The molecule has 1 saturated heterocycles. The number of thiophene rings is 1. The number of anilines is 1. The maximum atomic E-state index is 4.71. The molecule has 4 rings (SSSR count). The quantitative estimate of drug-likeness (QED) is 0.667. The predicted octanol–water partition coefficient (Wildman–Crippen LogP) is 4.02. The summed E-state index contributed by atoms with van der Waals surface area (Å²) in [4.78, 5) is 2.62. The number of hydrogen-bond donors (Lipinski definition) is 1. The largest absolute Gasteiger partial charge is 0.368 e. The third-order valence-corrected chi connectivity index (χ3v) is 6.03. The number of fused-ring (bicyclic) bond motifs is 1. The Morgan fingerprint density at radius 1 is 1.19 bits per heavy atom. The van der Waals surface area contributed by atoms with E-state index in [4.69, 9.17) is 5.10 Å². The fourth-order valence-corrected chi connectivity index (χ4v) is 4.19. The standard InChI is InChI=1S/C20H28N6S/c1-15(2)5-9-25-10-6-16(7-11-25)13-21-18-3-4-19-22-23-20(26(19)24-18)17-8-12-27-14-17/h3-4,8,12,14-16H,5-7,9-11,13H2,1-2H3,(H,21,24). The molecule has 0 unspecified atom stereocenters. The Morgan fingerprint density at radius 3 is 2.78 bits per heavy atom. The minimum atomic E-state index is 0.718. The van der Waals surface area contributed by atoms with Gasteiger partial charge in [-0.25, -0.2) is 0 Å². The van der Waals surface area contributed by atoms with Crippen molar-refractivity contribution in [3.63, 3.8) is 0 Å². The van der Waals surface area contributed by atoms with E-state index in [0.717, 1.165) is 41.2 Å². The van der Waals surface area contributed by atoms with Crippen LogP contribution >= 0.6 is 11.3 Å². The minimum absolute atomic E-state index is 0.718. The first-order valence-corrected chi connectivity index (χ1v) is 10.8. The smallest absolute Gasteiger partial charge is 0.186 e. The summed E-state index contributed by atoms with van der Waals surface area (Å²) in [5.41, 5.74) is 1.84. The molecule has 6 nitrogen and oxygen atoms in total. The zero-order valence-corrected chi connectivity index (χ0v) is 17.0. The van der Waals surface area contributed by atoms with Crippen LogP contribution in [0.1, 0.15) is 33.1 Å². The molecule has 1 fully saturated rings. The number of aromatic nitrogens is 4. The van der Waals surface area contributed by atoms with Crippen molar-refractivity contribution in [2.24, 2.45) is 11.8 Å². The molecule has 27 heavy (non-hydrogen) atoms. The van der Waals surface area contributed by atoms with E-state index in [0.29, 0.717) is 0 Å². The summed E-state index contributed by atoms with van der Waals surface area (Å²) in [5, 5.41) is 20.9. The van der Waals surface area contributed by atoms with E-state index >= 15 is 0 Å². The van der Waals surface area contributed by atoms with Gasteiger partial charge in [0.25, 0.3) is 0 Å². The van der Waals surface area contributed by atoms with E-state index in [9.17, 15) is 0 Å². The van der Waals surface area contributed by atoms with Gasteiger partial charge in [0.15, 0.2) is 11.5 Å². The fraction of sp³-hybridized carbons (Fsp3) is 0.550. The van der Waals surface area contributed by atoms with Crippen LogP contribution in [0.5, 0.6) is 0 Å². The molecule has 144 valence electrons. The van der Waals surface area contributed by atoms with Gasteiger partial charge in [-0.15, -0.1) is 15.3 Å². The second-order valence-electron chi connectivity index (χ2n) is 7.87.